The number of carboxylic acids is 1. The summed E-state index contributed by atoms with van der Waals surface area (Å²) < 4.78 is 1.94. The molecule has 0 aliphatic carbocycles. The molecule has 9 heteroatoms. The van der Waals surface area contributed by atoms with Gasteiger partial charge in [0.15, 0.2) is 0 Å². The first-order valence-electron chi connectivity index (χ1n) is 10.4. The van der Waals surface area contributed by atoms with Crippen molar-refractivity contribution in [1.29, 1.82) is 0 Å². The van der Waals surface area contributed by atoms with E-state index in [1.165, 1.54) is 12.1 Å². The fourth-order valence-electron chi connectivity index (χ4n) is 3.73. The second kappa shape index (κ2) is 9.40. The van der Waals surface area contributed by atoms with Crippen molar-refractivity contribution in [3.05, 3.63) is 88.1 Å². The number of carboxylic acid groups (broad SMARTS) is 1. The fraction of sp³-hybridized carbons (Fsp3) is 0.120. The number of carbonyl (C=O) groups excluding carboxylic acids is 3. The van der Waals surface area contributed by atoms with Gasteiger partial charge in [-0.05, 0) is 79.7 Å². The van der Waals surface area contributed by atoms with Gasteiger partial charge in [-0.3, -0.25) is 19.3 Å². The van der Waals surface area contributed by atoms with Gasteiger partial charge in [0.25, 0.3) is 11.1 Å². The summed E-state index contributed by atoms with van der Waals surface area (Å²) in [6.07, 6.45) is 1.64. The van der Waals surface area contributed by atoms with Gasteiger partial charge in [-0.25, -0.2) is 4.79 Å². The number of aromatic nitrogens is 1. The van der Waals surface area contributed by atoms with E-state index in [0.717, 1.165) is 39.3 Å². The summed E-state index contributed by atoms with van der Waals surface area (Å²) in [6.45, 7) is 3.41. The van der Waals surface area contributed by atoms with Crippen LogP contribution in [-0.2, 0) is 9.59 Å². The predicted octanol–water partition coefficient (Wildman–Crippen LogP) is 4.47. The first kappa shape index (κ1) is 23.1. The average molecular weight is 476 g/mol. The highest BCUT2D eigenvalue weighted by Crippen LogP contribution is 2.33. The normalized spacial score (nSPS) is 14.6. The minimum absolute atomic E-state index is 0.191. The topological polar surface area (TPSA) is 109 Å². The number of nitrogens with zero attached hydrogens (tertiary/aromatic N) is 2. The van der Waals surface area contributed by atoms with Crippen LogP contribution >= 0.6 is 11.8 Å². The third-order valence-corrected chi connectivity index (χ3v) is 6.27. The number of hydrogen-bond acceptors (Lipinski definition) is 5. The molecule has 3 amide bonds. The van der Waals surface area contributed by atoms with Crippen LogP contribution in [0.25, 0.3) is 11.8 Å². The smallest absolute Gasteiger partial charge is 0.335 e. The summed E-state index contributed by atoms with van der Waals surface area (Å²) >= 11 is 0.794. The summed E-state index contributed by atoms with van der Waals surface area (Å²) in [6, 6.07) is 17.2. The number of para-hydroxylation sites is 1. The van der Waals surface area contributed by atoms with E-state index in [1.807, 2.05) is 30.5 Å². The number of amides is 3. The molecule has 8 nitrogen and oxygen atoms in total. The van der Waals surface area contributed by atoms with Crippen LogP contribution in [0.2, 0.25) is 0 Å². The molecule has 1 fully saturated rings. The van der Waals surface area contributed by atoms with E-state index >= 15 is 0 Å². The summed E-state index contributed by atoms with van der Waals surface area (Å²) in [4.78, 5) is 49.9. The van der Waals surface area contributed by atoms with E-state index in [2.05, 4.69) is 5.32 Å². The Hall–Kier alpha value is -4.11. The molecule has 0 bridgehead atoms. The largest absolute Gasteiger partial charge is 0.478 e. The molecule has 0 saturated carbocycles. The van der Waals surface area contributed by atoms with Crippen LogP contribution < -0.4 is 5.32 Å². The standard InChI is InChI=1S/C25H21N3O5S/c1-15-12-18(16(2)28(15)20-10-8-17(9-11-20)24(31)32)13-21-23(30)27(25(33)34-21)14-22(29)26-19-6-4-3-5-7-19/h3-13H,14H2,1-2H3,(H,26,29)(H,31,32)/b21-13-. The molecule has 172 valence electrons. The highest BCUT2D eigenvalue weighted by Gasteiger charge is 2.36. The number of carbonyl (C=O) groups is 4. The van der Waals surface area contributed by atoms with Crippen molar-refractivity contribution in [1.82, 2.24) is 9.47 Å². The monoisotopic (exact) mass is 475 g/mol. The summed E-state index contributed by atoms with van der Waals surface area (Å²) in [5.74, 6) is -1.98. The third kappa shape index (κ3) is 4.65. The van der Waals surface area contributed by atoms with Crippen molar-refractivity contribution in [3.63, 3.8) is 0 Å². The quantitative estimate of drug-likeness (QED) is 0.510. The summed E-state index contributed by atoms with van der Waals surface area (Å²) in [7, 11) is 0. The zero-order valence-corrected chi connectivity index (χ0v) is 19.3. The van der Waals surface area contributed by atoms with Gasteiger partial charge < -0.3 is 15.0 Å². The molecular formula is C25H21N3O5S. The number of imide groups is 1. The van der Waals surface area contributed by atoms with E-state index in [9.17, 15) is 19.2 Å². The lowest BCUT2D eigenvalue weighted by Crippen LogP contribution is -2.36. The van der Waals surface area contributed by atoms with E-state index in [-0.39, 0.29) is 17.0 Å². The summed E-state index contributed by atoms with van der Waals surface area (Å²) in [5.41, 5.74) is 4.02. The van der Waals surface area contributed by atoms with Crippen LogP contribution in [0.1, 0.15) is 27.3 Å². The van der Waals surface area contributed by atoms with Gasteiger partial charge in [0.05, 0.1) is 10.5 Å². The molecule has 3 aromatic rings. The van der Waals surface area contributed by atoms with Gasteiger partial charge >= 0.3 is 5.97 Å². The zero-order valence-electron chi connectivity index (χ0n) is 18.4. The Balaban J connectivity index is 1.53. The molecule has 2 heterocycles. The maximum Gasteiger partial charge on any atom is 0.335 e. The number of aromatic carboxylic acids is 1. The Bertz CT molecular complexity index is 1330. The molecule has 0 unspecified atom stereocenters. The van der Waals surface area contributed by atoms with Crippen LogP contribution in [-0.4, -0.2) is 44.1 Å². The van der Waals surface area contributed by atoms with E-state index in [4.69, 9.17) is 5.11 Å². The minimum Gasteiger partial charge on any atom is -0.478 e. The van der Waals surface area contributed by atoms with E-state index < -0.39 is 23.0 Å². The van der Waals surface area contributed by atoms with Crippen LogP contribution in [0.15, 0.2) is 65.6 Å². The maximum absolute atomic E-state index is 12.9. The highest BCUT2D eigenvalue weighted by molar-refractivity contribution is 8.18. The number of thioether (sulfide) groups is 1. The number of aryl methyl sites for hydroxylation is 1. The number of rotatable bonds is 6. The Morgan fingerprint density at radius 1 is 1.03 bits per heavy atom. The molecule has 0 radical (unpaired) electrons. The van der Waals surface area contributed by atoms with Gasteiger partial charge in [-0.1, -0.05) is 18.2 Å². The molecule has 4 rings (SSSR count). The molecule has 2 N–H and O–H groups in total. The Labute approximate surface area is 199 Å². The lowest BCUT2D eigenvalue weighted by atomic mass is 10.2. The molecule has 1 aromatic heterocycles. The van der Waals surface area contributed by atoms with Crippen molar-refractivity contribution >= 4 is 46.5 Å². The van der Waals surface area contributed by atoms with Gasteiger partial charge in [-0.15, -0.1) is 0 Å². The predicted molar refractivity (Wildman–Crippen MR) is 130 cm³/mol. The fourth-order valence-corrected chi connectivity index (χ4v) is 4.56. The SMILES string of the molecule is Cc1cc(/C=C2\SC(=O)N(CC(=O)Nc3ccccc3)C2=O)c(C)n1-c1ccc(C(=O)O)cc1. The average Bonchev–Trinajstić information content (AvgIpc) is 3.23. The van der Waals surface area contributed by atoms with E-state index in [0.29, 0.717) is 5.69 Å². The van der Waals surface area contributed by atoms with Crippen molar-refractivity contribution in [2.75, 3.05) is 11.9 Å². The Kier molecular flexibility index (Phi) is 6.38. The molecule has 0 atom stereocenters. The molecular weight excluding hydrogens is 454 g/mol. The van der Waals surface area contributed by atoms with Crippen molar-refractivity contribution in [3.8, 4) is 5.69 Å². The molecule has 1 saturated heterocycles. The second-order valence-electron chi connectivity index (χ2n) is 7.70. The first-order valence-corrected chi connectivity index (χ1v) is 11.2. The molecule has 1 aliphatic heterocycles. The number of anilines is 1. The Morgan fingerprint density at radius 3 is 2.35 bits per heavy atom. The summed E-state index contributed by atoms with van der Waals surface area (Å²) in [5, 5.41) is 11.3. The van der Waals surface area contributed by atoms with Gasteiger partial charge in [0.1, 0.15) is 6.54 Å². The lowest BCUT2D eigenvalue weighted by molar-refractivity contribution is -0.127. The van der Waals surface area contributed by atoms with Gasteiger partial charge in [0.2, 0.25) is 5.91 Å². The maximum atomic E-state index is 12.9. The molecule has 1 aliphatic rings. The van der Waals surface area contributed by atoms with Crippen LogP contribution in [0, 0.1) is 13.8 Å². The third-order valence-electron chi connectivity index (χ3n) is 5.36. The van der Waals surface area contributed by atoms with Crippen LogP contribution in [0.5, 0.6) is 0 Å². The molecule has 0 spiro atoms. The van der Waals surface area contributed by atoms with Crippen LogP contribution in [0.3, 0.4) is 0 Å². The molecule has 2 aromatic carbocycles. The van der Waals surface area contributed by atoms with Gasteiger partial charge in [0, 0.05) is 22.8 Å². The Morgan fingerprint density at radius 2 is 1.71 bits per heavy atom. The van der Waals surface area contributed by atoms with Crippen molar-refractivity contribution in [2.24, 2.45) is 0 Å². The first-order chi connectivity index (χ1) is 16.2. The highest BCUT2D eigenvalue weighted by atomic mass is 32.2. The number of hydrogen-bond donors (Lipinski definition) is 2. The molecule has 34 heavy (non-hydrogen) atoms. The van der Waals surface area contributed by atoms with E-state index in [1.54, 1.807) is 42.5 Å². The number of nitrogens with one attached hydrogen (secondary N) is 1. The second-order valence-corrected chi connectivity index (χ2v) is 8.69. The van der Waals surface area contributed by atoms with Crippen LogP contribution in [0.4, 0.5) is 10.5 Å². The minimum atomic E-state index is -0.999. The number of benzene rings is 2. The van der Waals surface area contributed by atoms with Gasteiger partial charge in [-0.2, -0.15) is 0 Å². The van der Waals surface area contributed by atoms with Crippen molar-refractivity contribution in [2.45, 2.75) is 13.8 Å². The lowest BCUT2D eigenvalue weighted by Gasteiger charge is -2.12. The van der Waals surface area contributed by atoms with Crippen molar-refractivity contribution < 1.29 is 24.3 Å². The zero-order chi connectivity index (χ0) is 24.4.